The second-order valence-electron chi connectivity index (χ2n) is 6.12. The smallest absolute Gasteiger partial charge is 0.228 e. The van der Waals surface area contributed by atoms with Gasteiger partial charge >= 0.3 is 0 Å². The first-order chi connectivity index (χ1) is 10.3. The molecule has 0 radical (unpaired) electrons. The molecule has 2 atom stereocenters. The SMILES string of the molecule is NCC(NC(=O)C1CCOc2ccccc21)C1CCCC1. The molecule has 1 aliphatic carbocycles. The number of fused-ring (bicyclic) bond motifs is 1. The van der Waals surface area contributed by atoms with Crippen molar-refractivity contribution in [3.8, 4) is 5.75 Å². The number of nitrogens with two attached hydrogens (primary N) is 1. The highest BCUT2D eigenvalue weighted by molar-refractivity contribution is 5.85. The largest absolute Gasteiger partial charge is 0.493 e. The Morgan fingerprint density at radius 3 is 2.81 bits per heavy atom. The zero-order valence-corrected chi connectivity index (χ0v) is 12.4. The summed E-state index contributed by atoms with van der Waals surface area (Å²) in [6.07, 6.45) is 5.64. The van der Waals surface area contributed by atoms with Crippen LogP contribution in [0.1, 0.15) is 43.6 Å². The van der Waals surface area contributed by atoms with Gasteiger partial charge in [-0.2, -0.15) is 0 Å². The van der Waals surface area contributed by atoms with Gasteiger partial charge in [0.1, 0.15) is 5.75 Å². The van der Waals surface area contributed by atoms with Crippen LogP contribution < -0.4 is 15.8 Å². The van der Waals surface area contributed by atoms with E-state index in [1.165, 1.54) is 25.7 Å². The van der Waals surface area contributed by atoms with Gasteiger partial charge < -0.3 is 15.8 Å². The Hall–Kier alpha value is -1.55. The van der Waals surface area contributed by atoms with Crippen LogP contribution in [0.15, 0.2) is 24.3 Å². The predicted molar refractivity (Wildman–Crippen MR) is 82.2 cm³/mol. The van der Waals surface area contributed by atoms with Crippen LogP contribution in [-0.4, -0.2) is 25.1 Å². The van der Waals surface area contributed by atoms with Gasteiger partial charge in [-0.05, 0) is 31.2 Å². The van der Waals surface area contributed by atoms with E-state index in [0.717, 1.165) is 17.7 Å². The highest BCUT2D eigenvalue weighted by Crippen LogP contribution is 2.34. The quantitative estimate of drug-likeness (QED) is 0.892. The minimum Gasteiger partial charge on any atom is -0.493 e. The molecule has 4 heteroatoms. The van der Waals surface area contributed by atoms with Crippen LogP contribution >= 0.6 is 0 Å². The van der Waals surface area contributed by atoms with Crippen molar-refractivity contribution in [2.75, 3.05) is 13.2 Å². The summed E-state index contributed by atoms with van der Waals surface area (Å²) in [4.78, 5) is 12.7. The third kappa shape index (κ3) is 3.05. The first kappa shape index (κ1) is 14.4. The van der Waals surface area contributed by atoms with Gasteiger partial charge in [-0.25, -0.2) is 0 Å². The van der Waals surface area contributed by atoms with Crippen LogP contribution in [0.3, 0.4) is 0 Å². The molecule has 4 nitrogen and oxygen atoms in total. The van der Waals surface area contributed by atoms with Crippen LogP contribution in [0.4, 0.5) is 0 Å². The Morgan fingerprint density at radius 1 is 1.29 bits per heavy atom. The number of nitrogens with one attached hydrogen (secondary N) is 1. The molecule has 2 unspecified atom stereocenters. The molecule has 3 N–H and O–H groups in total. The van der Waals surface area contributed by atoms with Gasteiger partial charge in [0, 0.05) is 18.2 Å². The molecule has 21 heavy (non-hydrogen) atoms. The van der Waals surface area contributed by atoms with Crippen molar-refractivity contribution >= 4 is 5.91 Å². The molecule has 1 saturated carbocycles. The Labute approximate surface area is 126 Å². The van der Waals surface area contributed by atoms with Crippen LogP contribution in [0, 0.1) is 5.92 Å². The van der Waals surface area contributed by atoms with E-state index in [1.807, 2.05) is 24.3 Å². The minimum atomic E-state index is -0.106. The average molecular weight is 288 g/mol. The van der Waals surface area contributed by atoms with Crippen molar-refractivity contribution in [1.29, 1.82) is 0 Å². The molecule has 1 aromatic rings. The lowest BCUT2D eigenvalue weighted by molar-refractivity contribution is -0.124. The summed E-state index contributed by atoms with van der Waals surface area (Å²) in [6, 6.07) is 7.96. The molecule has 0 spiro atoms. The second kappa shape index (κ2) is 6.48. The molecule has 0 aromatic heterocycles. The van der Waals surface area contributed by atoms with Crippen molar-refractivity contribution in [3.05, 3.63) is 29.8 Å². The summed E-state index contributed by atoms with van der Waals surface area (Å²) in [7, 11) is 0. The molecule has 114 valence electrons. The molecular weight excluding hydrogens is 264 g/mol. The molecule has 0 saturated heterocycles. The maximum absolute atomic E-state index is 12.7. The van der Waals surface area contributed by atoms with Crippen LogP contribution in [0.25, 0.3) is 0 Å². The first-order valence-corrected chi connectivity index (χ1v) is 8.01. The molecule has 3 rings (SSSR count). The lowest BCUT2D eigenvalue weighted by atomic mass is 9.91. The number of amides is 1. The highest BCUT2D eigenvalue weighted by atomic mass is 16.5. The van der Waals surface area contributed by atoms with E-state index in [0.29, 0.717) is 19.1 Å². The van der Waals surface area contributed by atoms with E-state index >= 15 is 0 Å². The molecule has 0 bridgehead atoms. The minimum absolute atomic E-state index is 0.105. The number of ether oxygens (including phenoxy) is 1. The van der Waals surface area contributed by atoms with Gasteiger partial charge in [0.25, 0.3) is 0 Å². The van der Waals surface area contributed by atoms with Crippen LogP contribution in [-0.2, 0) is 4.79 Å². The fourth-order valence-corrected chi connectivity index (χ4v) is 3.63. The zero-order chi connectivity index (χ0) is 14.7. The molecule has 1 fully saturated rings. The summed E-state index contributed by atoms with van der Waals surface area (Å²) in [6.45, 7) is 1.13. The maximum Gasteiger partial charge on any atom is 0.228 e. The molecule has 1 aromatic carbocycles. The van der Waals surface area contributed by atoms with E-state index in [9.17, 15) is 4.79 Å². The predicted octanol–water partition coefficient (Wildman–Crippen LogP) is 2.19. The van der Waals surface area contributed by atoms with Crippen molar-refractivity contribution in [2.45, 2.75) is 44.1 Å². The number of carbonyl (C=O) groups is 1. The van der Waals surface area contributed by atoms with Gasteiger partial charge in [0.2, 0.25) is 5.91 Å². The Bertz CT molecular complexity index is 497. The zero-order valence-electron chi connectivity index (χ0n) is 12.4. The lowest BCUT2D eigenvalue weighted by Gasteiger charge is -2.29. The molecule has 1 heterocycles. The molecule has 1 amide bonds. The lowest BCUT2D eigenvalue weighted by Crippen LogP contribution is -2.46. The van der Waals surface area contributed by atoms with Gasteiger partial charge in [0.15, 0.2) is 0 Å². The monoisotopic (exact) mass is 288 g/mol. The summed E-state index contributed by atoms with van der Waals surface area (Å²) >= 11 is 0. The number of benzene rings is 1. The van der Waals surface area contributed by atoms with Crippen molar-refractivity contribution in [1.82, 2.24) is 5.32 Å². The van der Waals surface area contributed by atoms with Gasteiger partial charge in [-0.3, -0.25) is 4.79 Å². The van der Waals surface area contributed by atoms with Crippen LogP contribution in [0.5, 0.6) is 5.75 Å². The summed E-state index contributed by atoms with van der Waals surface area (Å²) < 4.78 is 5.63. The fraction of sp³-hybridized carbons (Fsp3) is 0.588. The third-order valence-corrected chi connectivity index (χ3v) is 4.83. The standard InChI is InChI=1S/C17H24N2O2/c18-11-15(12-5-1-2-6-12)19-17(20)14-9-10-21-16-8-4-3-7-13(14)16/h3-4,7-8,12,14-15H,1-2,5-6,9-11,18H2,(H,19,20). The fourth-order valence-electron chi connectivity index (χ4n) is 3.63. The van der Waals surface area contributed by atoms with Crippen LogP contribution in [0.2, 0.25) is 0 Å². The summed E-state index contributed by atoms with van der Waals surface area (Å²) in [5.41, 5.74) is 6.89. The van der Waals surface area contributed by atoms with Crippen molar-refractivity contribution in [3.63, 3.8) is 0 Å². The van der Waals surface area contributed by atoms with Gasteiger partial charge in [0.05, 0.1) is 12.5 Å². The van der Waals surface area contributed by atoms with Gasteiger partial charge in [-0.15, -0.1) is 0 Å². The highest BCUT2D eigenvalue weighted by Gasteiger charge is 2.31. The first-order valence-electron chi connectivity index (χ1n) is 8.01. The molecule has 1 aliphatic heterocycles. The third-order valence-electron chi connectivity index (χ3n) is 4.83. The number of hydrogen-bond acceptors (Lipinski definition) is 3. The number of hydrogen-bond donors (Lipinski definition) is 2. The summed E-state index contributed by atoms with van der Waals surface area (Å²) in [5.74, 6) is 1.39. The molecular formula is C17H24N2O2. The number of rotatable bonds is 4. The Balaban J connectivity index is 1.70. The average Bonchev–Trinajstić information content (AvgIpc) is 3.06. The topological polar surface area (TPSA) is 64.3 Å². The number of para-hydroxylation sites is 1. The molecule has 2 aliphatic rings. The number of carbonyl (C=O) groups excluding carboxylic acids is 1. The normalized spacial score (nSPS) is 23.2. The maximum atomic E-state index is 12.7. The Kier molecular flexibility index (Phi) is 4.44. The second-order valence-corrected chi connectivity index (χ2v) is 6.12. The van der Waals surface area contributed by atoms with E-state index in [-0.39, 0.29) is 17.9 Å². The van der Waals surface area contributed by atoms with E-state index < -0.39 is 0 Å². The van der Waals surface area contributed by atoms with Crippen molar-refractivity contribution in [2.24, 2.45) is 11.7 Å². The van der Waals surface area contributed by atoms with Gasteiger partial charge in [-0.1, -0.05) is 31.0 Å². The Morgan fingerprint density at radius 2 is 2.05 bits per heavy atom. The van der Waals surface area contributed by atoms with E-state index in [4.69, 9.17) is 10.5 Å². The van der Waals surface area contributed by atoms with E-state index in [1.54, 1.807) is 0 Å². The van der Waals surface area contributed by atoms with E-state index in [2.05, 4.69) is 5.32 Å². The van der Waals surface area contributed by atoms with Crippen molar-refractivity contribution < 1.29 is 9.53 Å². The summed E-state index contributed by atoms with van der Waals surface area (Å²) in [5, 5.41) is 3.20.